The van der Waals surface area contributed by atoms with E-state index >= 15 is 0 Å². The average Bonchev–Trinajstić information content (AvgIpc) is 2.43. The van der Waals surface area contributed by atoms with E-state index in [0.717, 1.165) is 29.5 Å². The van der Waals surface area contributed by atoms with Crippen LogP contribution in [0, 0.1) is 12.7 Å². The van der Waals surface area contributed by atoms with Crippen LogP contribution in [0.5, 0.6) is 0 Å². The highest BCUT2D eigenvalue weighted by Crippen LogP contribution is 2.24. The summed E-state index contributed by atoms with van der Waals surface area (Å²) in [4.78, 5) is 12.2. The molecule has 23 heavy (non-hydrogen) atoms. The normalized spacial score (nSPS) is 11.1. The van der Waals surface area contributed by atoms with Crippen molar-refractivity contribution in [1.29, 1.82) is 0 Å². The Hall–Kier alpha value is -2.41. The number of carbonyl (C=O) groups is 1. The van der Waals surface area contributed by atoms with E-state index in [1.807, 2.05) is 31.2 Å². The Morgan fingerprint density at radius 2 is 1.83 bits per heavy atom. The van der Waals surface area contributed by atoms with Crippen LogP contribution < -0.4 is 10.0 Å². The van der Waals surface area contributed by atoms with E-state index in [0.29, 0.717) is 0 Å². The molecule has 0 heterocycles. The predicted octanol–water partition coefficient (Wildman–Crippen LogP) is 2.69. The lowest BCUT2D eigenvalue weighted by atomic mass is 10.1. The van der Waals surface area contributed by atoms with Crippen molar-refractivity contribution in [2.45, 2.75) is 13.3 Å². The molecule has 0 aromatic heterocycles. The zero-order valence-corrected chi connectivity index (χ0v) is 13.6. The third kappa shape index (κ3) is 5.07. The second kappa shape index (κ2) is 6.78. The smallest absolute Gasteiger partial charge is 0.229 e. The van der Waals surface area contributed by atoms with E-state index in [1.165, 1.54) is 6.07 Å². The molecule has 0 unspecified atom stereocenters. The Labute approximate surface area is 134 Å². The number of nitrogens with one attached hydrogen (secondary N) is 2. The summed E-state index contributed by atoms with van der Waals surface area (Å²) in [5, 5.41) is 2.54. The van der Waals surface area contributed by atoms with Gasteiger partial charge in [0, 0.05) is 0 Å². The fraction of sp³-hybridized carbons (Fsp3) is 0.188. The first-order valence-corrected chi connectivity index (χ1v) is 8.75. The molecule has 2 N–H and O–H groups in total. The minimum Gasteiger partial charge on any atom is -0.324 e. The van der Waals surface area contributed by atoms with E-state index in [9.17, 15) is 17.6 Å². The number of anilines is 2. The van der Waals surface area contributed by atoms with Crippen LogP contribution in [-0.2, 0) is 21.2 Å². The van der Waals surface area contributed by atoms with Crippen LogP contribution in [0.3, 0.4) is 0 Å². The van der Waals surface area contributed by atoms with Gasteiger partial charge in [-0.25, -0.2) is 12.8 Å². The second-order valence-electron chi connectivity index (χ2n) is 5.22. The highest BCUT2D eigenvalue weighted by Gasteiger charge is 2.12. The molecule has 5 nitrogen and oxygen atoms in total. The van der Waals surface area contributed by atoms with Crippen LogP contribution in [0.4, 0.5) is 15.8 Å². The fourth-order valence-corrected chi connectivity index (χ4v) is 2.66. The summed E-state index contributed by atoms with van der Waals surface area (Å²) in [5.74, 6) is -0.934. The van der Waals surface area contributed by atoms with Crippen LogP contribution >= 0.6 is 0 Å². The highest BCUT2D eigenvalue weighted by molar-refractivity contribution is 7.92. The van der Waals surface area contributed by atoms with E-state index in [1.54, 1.807) is 0 Å². The summed E-state index contributed by atoms with van der Waals surface area (Å²) < 4.78 is 38.3. The Morgan fingerprint density at radius 1 is 1.13 bits per heavy atom. The van der Waals surface area contributed by atoms with Gasteiger partial charge >= 0.3 is 0 Å². The Kier molecular flexibility index (Phi) is 5.00. The van der Waals surface area contributed by atoms with Crippen molar-refractivity contribution in [2.24, 2.45) is 0 Å². The van der Waals surface area contributed by atoms with Crippen molar-refractivity contribution in [3.8, 4) is 0 Å². The Balaban J connectivity index is 2.20. The minimum absolute atomic E-state index is 0.0778. The van der Waals surface area contributed by atoms with Gasteiger partial charge in [-0.2, -0.15) is 0 Å². The lowest BCUT2D eigenvalue weighted by Crippen LogP contribution is -2.18. The zero-order valence-electron chi connectivity index (χ0n) is 12.8. The van der Waals surface area contributed by atoms with Crippen LogP contribution in [0.1, 0.15) is 11.1 Å². The van der Waals surface area contributed by atoms with Crippen molar-refractivity contribution in [3.63, 3.8) is 0 Å². The van der Waals surface area contributed by atoms with Crippen LogP contribution in [0.2, 0.25) is 0 Å². The predicted molar refractivity (Wildman–Crippen MR) is 88.4 cm³/mol. The standard InChI is InChI=1S/C16H17FN2O3S/c1-11-5-3-4-6-12(11)9-16(20)18-15-10-13(17)7-8-14(15)19-23(2,21)22/h3-8,10,19H,9H2,1-2H3,(H,18,20). The number of halogens is 1. The highest BCUT2D eigenvalue weighted by atomic mass is 32.2. The summed E-state index contributed by atoms with van der Waals surface area (Å²) in [5.41, 5.74) is 2.01. The summed E-state index contributed by atoms with van der Waals surface area (Å²) in [6.45, 7) is 1.89. The Morgan fingerprint density at radius 3 is 2.48 bits per heavy atom. The number of aryl methyl sites for hydroxylation is 1. The summed E-state index contributed by atoms with van der Waals surface area (Å²) >= 11 is 0. The van der Waals surface area contributed by atoms with E-state index in [2.05, 4.69) is 10.0 Å². The van der Waals surface area contributed by atoms with Crippen molar-refractivity contribution in [1.82, 2.24) is 0 Å². The largest absolute Gasteiger partial charge is 0.324 e. The maximum absolute atomic E-state index is 13.4. The van der Waals surface area contributed by atoms with Gasteiger partial charge in [-0.1, -0.05) is 24.3 Å². The van der Waals surface area contributed by atoms with Gasteiger partial charge in [0.05, 0.1) is 24.1 Å². The number of sulfonamides is 1. The maximum Gasteiger partial charge on any atom is 0.229 e. The molecule has 2 rings (SSSR count). The second-order valence-corrected chi connectivity index (χ2v) is 6.96. The zero-order chi connectivity index (χ0) is 17.0. The van der Waals surface area contributed by atoms with Crippen molar-refractivity contribution >= 4 is 27.3 Å². The van der Waals surface area contributed by atoms with Crippen molar-refractivity contribution < 1.29 is 17.6 Å². The van der Waals surface area contributed by atoms with Gasteiger partial charge in [-0.05, 0) is 36.2 Å². The van der Waals surface area contributed by atoms with Gasteiger partial charge < -0.3 is 5.32 Å². The minimum atomic E-state index is -3.54. The van der Waals surface area contributed by atoms with Crippen LogP contribution in [0.15, 0.2) is 42.5 Å². The van der Waals surface area contributed by atoms with Gasteiger partial charge in [0.1, 0.15) is 5.82 Å². The molecule has 2 aromatic carbocycles. The third-order valence-electron chi connectivity index (χ3n) is 3.16. The number of benzene rings is 2. The quantitative estimate of drug-likeness (QED) is 0.881. The molecule has 0 radical (unpaired) electrons. The number of rotatable bonds is 5. The lowest BCUT2D eigenvalue weighted by Gasteiger charge is -2.13. The molecule has 2 aromatic rings. The molecule has 0 aliphatic rings. The number of hydrogen-bond donors (Lipinski definition) is 2. The molecule has 0 bridgehead atoms. The lowest BCUT2D eigenvalue weighted by molar-refractivity contribution is -0.115. The molecule has 0 saturated heterocycles. The fourth-order valence-electron chi connectivity index (χ4n) is 2.08. The molecule has 0 saturated carbocycles. The van der Waals surface area contributed by atoms with E-state index in [4.69, 9.17) is 0 Å². The molecule has 122 valence electrons. The number of amides is 1. The monoisotopic (exact) mass is 336 g/mol. The molecular formula is C16H17FN2O3S. The molecule has 0 atom stereocenters. The Bertz CT molecular complexity index is 835. The molecule has 1 amide bonds. The summed E-state index contributed by atoms with van der Waals surface area (Å²) in [6, 6.07) is 10.9. The van der Waals surface area contributed by atoms with E-state index in [-0.39, 0.29) is 23.7 Å². The molecule has 7 heteroatoms. The van der Waals surface area contributed by atoms with Gasteiger partial charge in [0.15, 0.2) is 0 Å². The van der Waals surface area contributed by atoms with Gasteiger partial charge in [0.2, 0.25) is 15.9 Å². The summed E-state index contributed by atoms with van der Waals surface area (Å²) in [6.07, 6.45) is 1.09. The maximum atomic E-state index is 13.4. The first kappa shape index (κ1) is 17.0. The molecule has 0 aliphatic carbocycles. The first-order chi connectivity index (χ1) is 10.7. The number of hydrogen-bond acceptors (Lipinski definition) is 3. The SMILES string of the molecule is Cc1ccccc1CC(=O)Nc1cc(F)ccc1NS(C)(=O)=O. The topological polar surface area (TPSA) is 75.3 Å². The summed E-state index contributed by atoms with van der Waals surface area (Å²) in [7, 11) is -3.54. The number of carbonyl (C=O) groups excluding carboxylic acids is 1. The van der Waals surface area contributed by atoms with Crippen molar-refractivity contribution in [3.05, 3.63) is 59.4 Å². The van der Waals surface area contributed by atoms with Crippen molar-refractivity contribution in [2.75, 3.05) is 16.3 Å². The van der Waals surface area contributed by atoms with Crippen LogP contribution in [0.25, 0.3) is 0 Å². The third-order valence-corrected chi connectivity index (χ3v) is 3.75. The van der Waals surface area contributed by atoms with Gasteiger partial charge in [0.25, 0.3) is 0 Å². The first-order valence-electron chi connectivity index (χ1n) is 6.86. The molecule has 0 aliphatic heterocycles. The van der Waals surface area contributed by atoms with Crippen LogP contribution in [-0.4, -0.2) is 20.6 Å². The van der Waals surface area contributed by atoms with E-state index < -0.39 is 15.8 Å². The molecule has 0 fully saturated rings. The molecular weight excluding hydrogens is 319 g/mol. The van der Waals surface area contributed by atoms with Gasteiger partial charge in [-0.3, -0.25) is 9.52 Å². The average molecular weight is 336 g/mol. The van der Waals surface area contributed by atoms with Gasteiger partial charge in [-0.15, -0.1) is 0 Å². The molecule has 0 spiro atoms.